The SMILES string of the molecule is C[C@@H](CS(=O)(=O)CCCCCN1CC(=O)NC1=O)c1ccc2c(c1)OC(C1CC1)CO2. The second-order valence-electron chi connectivity index (χ2n) is 8.86. The van der Waals surface area contributed by atoms with Crippen molar-refractivity contribution in [3.8, 4) is 11.5 Å². The first-order valence-corrected chi connectivity index (χ1v) is 12.9. The Bertz CT molecular complexity index is 943. The minimum absolute atomic E-state index is 0.0850. The van der Waals surface area contributed by atoms with E-state index in [1.54, 1.807) is 0 Å². The maximum atomic E-state index is 12.6. The number of benzene rings is 1. The van der Waals surface area contributed by atoms with Gasteiger partial charge < -0.3 is 14.4 Å². The second-order valence-corrected chi connectivity index (χ2v) is 11.1. The molecule has 1 saturated heterocycles. The van der Waals surface area contributed by atoms with Gasteiger partial charge in [0.1, 0.15) is 19.3 Å². The molecule has 0 aromatic heterocycles. The van der Waals surface area contributed by atoms with E-state index in [4.69, 9.17) is 9.47 Å². The Balaban J connectivity index is 1.23. The van der Waals surface area contributed by atoms with Gasteiger partial charge in [-0.2, -0.15) is 0 Å². The smallest absolute Gasteiger partial charge is 0.324 e. The minimum atomic E-state index is -3.20. The molecule has 1 aliphatic carbocycles. The lowest BCUT2D eigenvalue weighted by Crippen LogP contribution is -2.31. The average Bonchev–Trinajstić information content (AvgIpc) is 3.51. The third-order valence-electron chi connectivity index (χ3n) is 6.12. The molecule has 0 spiro atoms. The molecule has 8 nitrogen and oxygen atoms in total. The lowest BCUT2D eigenvalue weighted by Gasteiger charge is -2.27. The van der Waals surface area contributed by atoms with E-state index < -0.39 is 9.84 Å². The largest absolute Gasteiger partial charge is 0.486 e. The van der Waals surface area contributed by atoms with E-state index in [1.807, 2.05) is 25.1 Å². The van der Waals surface area contributed by atoms with Crippen LogP contribution in [0.25, 0.3) is 0 Å². The predicted octanol–water partition coefficient (Wildman–Crippen LogP) is 2.48. The highest BCUT2D eigenvalue weighted by molar-refractivity contribution is 7.91. The highest BCUT2D eigenvalue weighted by Gasteiger charge is 2.36. The number of ether oxygens (including phenoxy) is 2. The van der Waals surface area contributed by atoms with Gasteiger partial charge in [-0.1, -0.05) is 19.4 Å². The summed E-state index contributed by atoms with van der Waals surface area (Å²) in [6, 6.07) is 5.35. The maximum absolute atomic E-state index is 12.6. The number of carbonyl (C=O) groups is 2. The minimum Gasteiger partial charge on any atom is -0.486 e. The van der Waals surface area contributed by atoms with Crippen LogP contribution in [0.2, 0.25) is 0 Å². The van der Waals surface area contributed by atoms with Crippen molar-refractivity contribution >= 4 is 21.8 Å². The summed E-state index contributed by atoms with van der Waals surface area (Å²) in [4.78, 5) is 24.1. The van der Waals surface area contributed by atoms with Crippen LogP contribution >= 0.6 is 0 Å². The lowest BCUT2D eigenvalue weighted by molar-refractivity contribution is -0.118. The number of sulfone groups is 1. The molecule has 2 atom stereocenters. The summed E-state index contributed by atoms with van der Waals surface area (Å²) < 4.78 is 37.1. The van der Waals surface area contributed by atoms with Crippen LogP contribution in [0.4, 0.5) is 4.79 Å². The zero-order valence-corrected chi connectivity index (χ0v) is 18.7. The standard InChI is InChI=1S/C22H30N2O6S/c1-15(17-7-8-18-19(11-17)30-20(13-29-18)16-5-6-16)14-31(27,28)10-4-2-3-9-24-12-21(25)23-22(24)26/h7-8,11,15-16,20H,2-6,9-10,12-14H2,1H3,(H,23,25,26)/t15-,20?/m0/s1. The van der Waals surface area contributed by atoms with Crippen molar-refractivity contribution in [2.45, 2.75) is 51.0 Å². The van der Waals surface area contributed by atoms with Gasteiger partial charge in [0.05, 0.1) is 11.5 Å². The van der Waals surface area contributed by atoms with Gasteiger partial charge in [-0.05, 0) is 55.2 Å². The molecule has 3 amide bonds. The molecule has 1 saturated carbocycles. The summed E-state index contributed by atoms with van der Waals surface area (Å²) in [5.74, 6) is 1.80. The van der Waals surface area contributed by atoms with Gasteiger partial charge in [-0.3, -0.25) is 10.1 Å². The molecule has 9 heteroatoms. The molecule has 2 aliphatic heterocycles. The number of carbonyl (C=O) groups excluding carboxylic acids is 2. The first-order chi connectivity index (χ1) is 14.8. The molecule has 3 aliphatic rings. The predicted molar refractivity (Wildman–Crippen MR) is 115 cm³/mol. The number of hydrogen-bond acceptors (Lipinski definition) is 6. The summed E-state index contributed by atoms with van der Waals surface area (Å²) in [7, 11) is -3.20. The molecule has 170 valence electrons. The first-order valence-electron chi connectivity index (χ1n) is 11.0. The van der Waals surface area contributed by atoms with Crippen molar-refractivity contribution in [3.63, 3.8) is 0 Å². The van der Waals surface area contributed by atoms with Gasteiger partial charge in [0.15, 0.2) is 21.3 Å². The van der Waals surface area contributed by atoms with Gasteiger partial charge in [0, 0.05) is 6.54 Å². The number of hydrogen-bond donors (Lipinski definition) is 1. The van der Waals surface area contributed by atoms with Gasteiger partial charge in [-0.15, -0.1) is 0 Å². The van der Waals surface area contributed by atoms with Crippen LogP contribution in [-0.2, 0) is 14.6 Å². The normalized spacial score (nSPS) is 21.8. The Morgan fingerprint density at radius 3 is 2.68 bits per heavy atom. The highest BCUT2D eigenvalue weighted by Crippen LogP contribution is 2.41. The number of urea groups is 1. The number of fused-ring (bicyclic) bond motifs is 1. The monoisotopic (exact) mass is 450 g/mol. The fourth-order valence-corrected chi connectivity index (χ4v) is 5.90. The molecule has 0 radical (unpaired) electrons. The number of rotatable bonds is 10. The van der Waals surface area contributed by atoms with E-state index >= 15 is 0 Å². The van der Waals surface area contributed by atoms with E-state index in [9.17, 15) is 18.0 Å². The lowest BCUT2D eigenvalue weighted by atomic mass is 10.0. The molecule has 1 aromatic rings. The Hall–Kier alpha value is -2.29. The van der Waals surface area contributed by atoms with Crippen molar-refractivity contribution in [2.24, 2.45) is 5.92 Å². The van der Waals surface area contributed by atoms with Gasteiger partial charge in [0.25, 0.3) is 0 Å². The van der Waals surface area contributed by atoms with Crippen LogP contribution in [0.3, 0.4) is 0 Å². The highest BCUT2D eigenvalue weighted by atomic mass is 32.2. The molecular formula is C22H30N2O6S. The molecular weight excluding hydrogens is 420 g/mol. The van der Waals surface area contributed by atoms with Crippen molar-refractivity contribution < 1.29 is 27.5 Å². The molecule has 2 heterocycles. The molecule has 1 N–H and O–H groups in total. The van der Waals surface area contributed by atoms with Gasteiger partial charge >= 0.3 is 6.03 Å². The number of nitrogens with one attached hydrogen (secondary N) is 1. The van der Waals surface area contributed by atoms with E-state index in [2.05, 4.69) is 5.32 Å². The molecule has 1 aromatic carbocycles. The maximum Gasteiger partial charge on any atom is 0.324 e. The van der Waals surface area contributed by atoms with Crippen LogP contribution in [0.5, 0.6) is 11.5 Å². The van der Waals surface area contributed by atoms with Crippen LogP contribution in [0, 0.1) is 5.92 Å². The van der Waals surface area contributed by atoms with Crippen molar-refractivity contribution in [1.82, 2.24) is 10.2 Å². The number of nitrogens with zero attached hydrogens (tertiary/aromatic N) is 1. The zero-order chi connectivity index (χ0) is 22.0. The van der Waals surface area contributed by atoms with Crippen molar-refractivity contribution in [3.05, 3.63) is 23.8 Å². The summed E-state index contributed by atoms with van der Waals surface area (Å²) in [5.41, 5.74) is 0.937. The summed E-state index contributed by atoms with van der Waals surface area (Å²) in [5, 5.41) is 2.23. The quantitative estimate of drug-likeness (QED) is 0.434. The van der Waals surface area contributed by atoms with Crippen LogP contribution in [0.1, 0.15) is 50.5 Å². The van der Waals surface area contributed by atoms with Crippen LogP contribution in [-0.4, -0.2) is 62.6 Å². The van der Waals surface area contributed by atoms with Crippen LogP contribution in [0.15, 0.2) is 18.2 Å². The fraction of sp³-hybridized carbons (Fsp3) is 0.636. The summed E-state index contributed by atoms with van der Waals surface area (Å²) in [6.07, 6.45) is 4.38. The Labute approximate surface area is 183 Å². The van der Waals surface area contributed by atoms with E-state index in [-0.39, 0.29) is 42.0 Å². The summed E-state index contributed by atoms with van der Waals surface area (Å²) in [6.45, 7) is 3.06. The number of unbranched alkanes of at least 4 members (excludes halogenated alkanes) is 2. The molecule has 0 bridgehead atoms. The van der Waals surface area contributed by atoms with Crippen molar-refractivity contribution in [2.75, 3.05) is 31.2 Å². The van der Waals surface area contributed by atoms with E-state index in [0.717, 1.165) is 11.3 Å². The summed E-state index contributed by atoms with van der Waals surface area (Å²) >= 11 is 0. The Morgan fingerprint density at radius 1 is 1.16 bits per heavy atom. The Kier molecular flexibility index (Phi) is 6.41. The van der Waals surface area contributed by atoms with E-state index in [1.165, 1.54) is 17.7 Å². The Morgan fingerprint density at radius 2 is 1.97 bits per heavy atom. The first kappa shape index (κ1) is 21.9. The average molecular weight is 451 g/mol. The molecule has 31 heavy (non-hydrogen) atoms. The van der Waals surface area contributed by atoms with Crippen LogP contribution < -0.4 is 14.8 Å². The molecule has 4 rings (SSSR count). The third kappa shape index (κ3) is 5.70. The third-order valence-corrected chi connectivity index (χ3v) is 8.04. The topological polar surface area (TPSA) is 102 Å². The second kappa shape index (κ2) is 9.06. The van der Waals surface area contributed by atoms with E-state index in [0.29, 0.717) is 44.1 Å². The molecule has 2 fully saturated rings. The molecule has 1 unspecified atom stereocenters. The van der Waals surface area contributed by atoms with Gasteiger partial charge in [0.2, 0.25) is 5.91 Å². The fourth-order valence-electron chi connectivity index (χ4n) is 4.14. The van der Waals surface area contributed by atoms with Crippen molar-refractivity contribution in [1.29, 1.82) is 0 Å². The zero-order valence-electron chi connectivity index (χ0n) is 17.8. The number of amides is 3. The van der Waals surface area contributed by atoms with Gasteiger partial charge in [-0.25, -0.2) is 13.2 Å². The number of imide groups is 1.